The molecular formula is C22H21ClN2O6S. The molecule has 1 aliphatic rings. The molecule has 1 heterocycles. The van der Waals surface area contributed by atoms with Crippen molar-refractivity contribution in [1.82, 2.24) is 4.90 Å². The van der Waals surface area contributed by atoms with Crippen molar-refractivity contribution in [3.8, 4) is 11.5 Å². The number of nitro benzene ring substituents is 1. The number of nitrogens with zero attached hydrogens (tertiary/aromatic N) is 2. The number of ether oxygens (including phenoxy) is 2. The number of carbonyl (C=O) groups excluding carboxylic acids is 2. The van der Waals surface area contributed by atoms with Gasteiger partial charge in [0.05, 0.1) is 22.0 Å². The number of thioether (sulfide) groups is 1. The van der Waals surface area contributed by atoms with Crippen molar-refractivity contribution in [2.75, 3.05) is 7.11 Å². The number of methoxy groups -OCH3 is 1. The van der Waals surface area contributed by atoms with Crippen LogP contribution in [0.4, 0.5) is 10.5 Å². The first-order valence-corrected chi connectivity index (χ1v) is 10.9. The van der Waals surface area contributed by atoms with Gasteiger partial charge in [-0.25, -0.2) is 0 Å². The van der Waals surface area contributed by atoms with E-state index in [4.69, 9.17) is 21.1 Å². The second-order valence-electron chi connectivity index (χ2n) is 7.06. The van der Waals surface area contributed by atoms with E-state index in [1.54, 1.807) is 30.3 Å². The molecule has 0 N–H and O–H groups in total. The lowest BCUT2D eigenvalue weighted by molar-refractivity contribution is -0.384. The Balaban J connectivity index is 1.83. The second-order valence-corrected chi connectivity index (χ2v) is 8.46. The molecule has 2 amide bonds. The Morgan fingerprint density at radius 1 is 1.28 bits per heavy atom. The SMILES string of the molecule is CC[C@@H](C)N1C(=O)S/C(=C/c2cc(Cl)c(OCc3cccc([N+](=O)[O-])c3)c(OC)c2)C1=O. The van der Waals surface area contributed by atoms with Crippen molar-refractivity contribution >= 4 is 46.3 Å². The first-order valence-electron chi connectivity index (χ1n) is 9.75. The monoisotopic (exact) mass is 476 g/mol. The molecule has 0 spiro atoms. The van der Waals surface area contributed by atoms with E-state index < -0.39 is 4.92 Å². The Kier molecular flexibility index (Phi) is 7.42. The summed E-state index contributed by atoms with van der Waals surface area (Å²) in [5.41, 5.74) is 1.13. The first kappa shape index (κ1) is 23.6. The Labute approximate surface area is 194 Å². The molecule has 1 aliphatic heterocycles. The van der Waals surface area contributed by atoms with Gasteiger partial charge in [-0.3, -0.25) is 24.6 Å². The number of amides is 2. The van der Waals surface area contributed by atoms with E-state index in [-0.39, 0.29) is 40.3 Å². The normalized spacial score (nSPS) is 15.9. The molecule has 0 radical (unpaired) electrons. The van der Waals surface area contributed by atoms with E-state index in [9.17, 15) is 19.7 Å². The summed E-state index contributed by atoms with van der Waals surface area (Å²) in [6.45, 7) is 3.78. The van der Waals surface area contributed by atoms with Crippen LogP contribution in [0.15, 0.2) is 41.3 Å². The third-order valence-corrected chi connectivity index (χ3v) is 6.07. The fraction of sp³-hybridized carbons (Fsp3) is 0.273. The van der Waals surface area contributed by atoms with Gasteiger partial charge >= 0.3 is 0 Å². The predicted octanol–water partition coefficient (Wildman–Crippen LogP) is 5.67. The molecule has 0 aromatic heterocycles. The lowest BCUT2D eigenvalue weighted by Crippen LogP contribution is -2.36. The van der Waals surface area contributed by atoms with Crippen molar-refractivity contribution in [1.29, 1.82) is 0 Å². The maximum absolute atomic E-state index is 12.6. The Bertz CT molecular complexity index is 1100. The number of benzene rings is 2. The largest absolute Gasteiger partial charge is 0.493 e. The van der Waals surface area contributed by atoms with Crippen molar-refractivity contribution in [2.45, 2.75) is 32.9 Å². The van der Waals surface area contributed by atoms with Gasteiger partial charge in [-0.1, -0.05) is 30.7 Å². The maximum Gasteiger partial charge on any atom is 0.293 e. The van der Waals surface area contributed by atoms with Crippen LogP contribution in [-0.2, 0) is 11.4 Å². The average molecular weight is 477 g/mol. The zero-order valence-electron chi connectivity index (χ0n) is 17.7. The number of nitro groups is 1. The standard InChI is InChI=1S/C22H21ClN2O6S/c1-4-13(2)24-21(26)19(32-22(24)27)11-15-9-17(23)20(18(10-15)30-3)31-12-14-6-5-7-16(8-14)25(28)29/h5-11,13H,4,12H2,1-3H3/b19-11+/t13-/m1/s1. The molecule has 0 saturated carbocycles. The van der Waals surface area contributed by atoms with Gasteiger partial charge in [0, 0.05) is 18.2 Å². The highest BCUT2D eigenvalue weighted by Crippen LogP contribution is 2.39. The van der Waals surface area contributed by atoms with Crippen LogP contribution in [0.1, 0.15) is 31.4 Å². The molecule has 0 bridgehead atoms. The van der Waals surface area contributed by atoms with E-state index in [1.807, 2.05) is 13.8 Å². The molecule has 1 atom stereocenters. The number of rotatable bonds is 8. The summed E-state index contributed by atoms with van der Waals surface area (Å²) in [6, 6.07) is 9.16. The predicted molar refractivity (Wildman–Crippen MR) is 123 cm³/mol. The molecule has 3 rings (SSSR count). The van der Waals surface area contributed by atoms with E-state index in [1.165, 1.54) is 24.1 Å². The maximum atomic E-state index is 12.6. The zero-order valence-corrected chi connectivity index (χ0v) is 19.2. The molecule has 2 aromatic carbocycles. The number of halogens is 1. The van der Waals surface area contributed by atoms with Crippen LogP contribution in [0.3, 0.4) is 0 Å². The summed E-state index contributed by atoms with van der Waals surface area (Å²) in [7, 11) is 1.45. The highest BCUT2D eigenvalue weighted by molar-refractivity contribution is 8.18. The number of hydrogen-bond acceptors (Lipinski definition) is 7. The topological polar surface area (TPSA) is 99.0 Å². The molecule has 32 heavy (non-hydrogen) atoms. The summed E-state index contributed by atoms with van der Waals surface area (Å²) in [5, 5.41) is 10.9. The third-order valence-electron chi connectivity index (χ3n) is 4.91. The fourth-order valence-electron chi connectivity index (χ4n) is 3.07. The number of imide groups is 1. The molecule has 10 heteroatoms. The van der Waals surface area contributed by atoms with Crippen LogP contribution in [0.2, 0.25) is 5.02 Å². The van der Waals surface area contributed by atoms with Gasteiger partial charge in [-0.2, -0.15) is 0 Å². The minimum absolute atomic E-state index is 0.0363. The first-order chi connectivity index (χ1) is 15.2. The van der Waals surface area contributed by atoms with Gasteiger partial charge in [-0.05, 0) is 54.4 Å². The van der Waals surface area contributed by atoms with E-state index in [0.29, 0.717) is 28.2 Å². The van der Waals surface area contributed by atoms with Crippen LogP contribution in [0.25, 0.3) is 6.08 Å². The summed E-state index contributed by atoms with van der Waals surface area (Å²) < 4.78 is 11.2. The number of non-ortho nitro benzene ring substituents is 1. The quantitative estimate of drug-likeness (QED) is 0.275. The van der Waals surface area contributed by atoms with Crippen LogP contribution < -0.4 is 9.47 Å². The third kappa shape index (κ3) is 5.05. The Morgan fingerprint density at radius 2 is 2.03 bits per heavy atom. The van der Waals surface area contributed by atoms with Gasteiger partial charge < -0.3 is 9.47 Å². The summed E-state index contributed by atoms with van der Waals surface area (Å²) in [6.07, 6.45) is 2.26. The average Bonchev–Trinajstić information content (AvgIpc) is 3.04. The van der Waals surface area contributed by atoms with E-state index >= 15 is 0 Å². The molecule has 1 fully saturated rings. The highest BCUT2D eigenvalue weighted by atomic mass is 35.5. The lowest BCUT2D eigenvalue weighted by Gasteiger charge is -2.19. The van der Waals surface area contributed by atoms with Crippen LogP contribution in [0.5, 0.6) is 11.5 Å². The molecule has 0 aliphatic carbocycles. The van der Waals surface area contributed by atoms with Gasteiger partial charge in [-0.15, -0.1) is 0 Å². The number of carbonyl (C=O) groups is 2. The lowest BCUT2D eigenvalue weighted by atomic mass is 10.1. The molecule has 8 nitrogen and oxygen atoms in total. The van der Waals surface area contributed by atoms with Crippen molar-refractivity contribution < 1.29 is 24.0 Å². The molecule has 1 saturated heterocycles. The van der Waals surface area contributed by atoms with Crippen LogP contribution >= 0.6 is 23.4 Å². The highest BCUT2D eigenvalue weighted by Gasteiger charge is 2.37. The van der Waals surface area contributed by atoms with Gasteiger partial charge in [0.1, 0.15) is 6.61 Å². The van der Waals surface area contributed by atoms with Gasteiger partial charge in [0.25, 0.3) is 16.8 Å². The molecular weight excluding hydrogens is 456 g/mol. The zero-order chi connectivity index (χ0) is 23.4. The van der Waals surface area contributed by atoms with Crippen LogP contribution in [-0.4, -0.2) is 34.1 Å². The van der Waals surface area contributed by atoms with Crippen molar-refractivity contribution in [3.63, 3.8) is 0 Å². The van der Waals surface area contributed by atoms with Gasteiger partial charge in [0.2, 0.25) is 0 Å². The van der Waals surface area contributed by atoms with Crippen molar-refractivity contribution in [3.05, 3.63) is 67.6 Å². The molecule has 2 aromatic rings. The summed E-state index contributed by atoms with van der Waals surface area (Å²) in [5.74, 6) is 0.260. The molecule has 168 valence electrons. The minimum Gasteiger partial charge on any atom is -0.493 e. The number of hydrogen-bond donors (Lipinski definition) is 0. The fourth-order valence-corrected chi connectivity index (χ4v) is 4.28. The van der Waals surface area contributed by atoms with Gasteiger partial charge in [0.15, 0.2) is 11.5 Å². The van der Waals surface area contributed by atoms with Crippen LogP contribution in [0, 0.1) is 10.1 Å². The Hall–Kier alpha value is -3.04. The summed E-state index contributed by atoms with van der Waals surface area (Å²) >= 11 is 7.29. The smallest absolute Gasteiger partial charge is 0.293 e. The Morgan fingerprint density at radius 3 is 2.69 bits per heavy atom. The van der Waals surface area contributed by atoms with E-state index in [2.05, 4.69) is 0 Å². The summed E-state index contributed by atoms with van der Waals surface area (Å²) in [4.78, 5) is 36.9. The minimum atomic E-state index is -0.477. The molecule has 0 unspecified atom stereocenters. The van der Waals surface area contributed by atoms with E-state index in [0.717, 1.165) is 11.8 Å². The second kappa shape index (κ2) is 10.1. The van der Waals surface area contributed by atoms with Crippen molar-refractivity contribution in [2.24, 2.45) is 0 Å².